The molecule has 0 spiro atoms. The van der Waals surface area contributed by atoms with Crippen LogP contribution in [0.25, 0.3) is 0 Å². The maximum atomic E-state index is 10.3. The predicted molar refractivity (Wildman–Crippen MR) is 69.9 cm³/mol. The Balaban J connectivity index is 2.26. The highest BCUT2D eigenvalue weighted by atomic mass is 16.1. The molecule has 0 fully saturated rings. The minimum absolute atomic E-state index is 0.694. The number of nitrogens with zero attached hydrogens (tertiary/aromatic N) is 1. The van der Waals surface area contributed by atoms with Crippen molar-refractivity contribution in [2.24, 2.45) is 4.99 Å². The van der Waals surface area contributed by atoms with Gasteiger partial charge in [-0.1, -0.05) is 48.5 Å². The SMILES string of the molecule is O=CC=Nc1ccccc1Cc1ccccc1. The van der Waals surface area contributed by atoms with Gasteiger partial charge in [-0.15, -0.1) is 0 Å². The Morgan fingerprint density at radius 1 is 0.941 bits per heavy atom. The van der Waals surface area contributed by atoms with Crippen molar-refractivity contribution in [3.63, 3.8) is 0 Å². The molecule has 84 valence electrons. The van der Waals surface area contributed by atoms with E-state index in [2.05, 4.69) is 17.1 Å². The number of carbonyl (C=O) groups excluding carboxylic acids is 1. The third kappa shape index (κ3) is 3.11. The number of carbonyl (C=O) groups is 1. The van der Waals surface area contributed by atoms with Crippen LogP contribution in [-0.4, -0.2) is 12.5 Å². The Kier molecular flexibility index (Phi) is 3.81. The summed E-state index contributed by atoms with van der Waals surface area (Å²) in [5.74, 6) is 0. The predicted octanol–water partition coefficient (Wildman–Crippen LogP) is 3.18. The zero-order valence-electron chi connectivity index (χ0n) is 9.41. The normalized spacial score (nSPS) is 10.6. The molecule has 0 unspecified atom stereocenters. The Bertz CT molecular complexity index is 517. The van der Waals surface area contributed by atoms with E-state index in [1.54, 1.807) is 0 Å². The zero-order valence-corrected chi connectivity index (χ0v) is 9.41. The van der Waals surface area contributed by atoms with E-state index < -0.39 is 0 Å². The molecule has 0 saturated heterocycles. The summed E-state index contributed by atoms with van der Waals surface area (Å²) in [4.78, 5) is 14.4. The van der Waals surface area contributed by atoms with Crippen LogP contribution in [0.1, 0.15) is 11.1 Å². The summed E-state index contributed by atoms with van der Waals surface area (Å²) in [6.45, 7) is 0. The second-order valence-electron chi connectivity index (χ2n) is 3.71. The summed E-state index contributed by atoms with van der Waals surface area (Å²) in [7, 11) is 0. The Morgan fingerprint density at radius 3 is 2.41 bits per heavy atom. The lowest BCUT2D eigenvalue weighted by atomic mass is 10.0. The molecule has 2 aromatic rings. The van der Waals surface area contributed by atoms with Crippen LogP contribution in [0.15, 0.2) is 59.6 Å². The molecular formula is C15H13NO. The van der Waals surface area contributed by atoms with E-state index in [1.807, 2.05) is 42.5 Å². The first-order valence-electron chi connectivity index (χ1n) is 5.50. The highest BCUT2D eigenvalue weighted by Gasteiger charge is 2.00. The number of rotatable bonds is 4. The number of hydrogen-bond donors (Lipinski definition) is 0. The smallest absolute Gasteiger partial charge is 0.161 e. The van der Waals surface area contributed by atoms with Gasteiger partial charge in [-0.25, -0.2) is 0 Å². The lowest BCUT2D eigenvalue weighted by molar-refractivity contribution is -0.102. The van der Waals surface area contributed by atoms with Crippen LogP contribution in [0.4, 0.5) is 5.69 Å². The van der Waals surface area contributed by atoms with Gasteiger partial charge in [0, 0.05) is 0 Å². The summed E-state index contributed by atoms with van der Waals surface area (Å²) in [5, 5.41) is 0. The average molecular weight is 223 g/mol. The molecule has 0 heterocycles. The zero-order chi connectivity index (χ0) is 11.9. The maximum absolute atomic E-state index is 10.3. The quantitative estimate of drug-likeness (QED) is 0.578. The van der Waals surface area contributed by atoms with Crippen molar-refractivity contribution < 1.29 is 4.79 Å². The second kappa shape index (κ2) is 5.75. The van der Waals surface area contributed by atoms with Gasteiger partial charge in [0.25, 0.3) is 0 Å². The van der Waals surface area contributed by atoms with E-state index in [0.717, 1.165) is 17.7 Å². The lowest BCUT2D eigenvalue weighted by Crippen LogP contribution is -1.88. The first-order valence-corrected chi connectivity index (χ1v) is 5.50. The van der Waals surface area contributed by atoms with Crippen molar-refractivity contribution in [2.75, 3.05) is 0 Å². The molecule has 0 aromatic heterocycles. The first kappa shape index (κ1) is 11.3. The minimum atomic E-state index is 0.694. The molecule has 0 aliphatic heterocycles. The molecule has 2 nitrogen and oxygen atoms in total. The molecule has 0 aliphatic carbocycles. The van der Waals surface area contributed by atoms with Gasteiger partial charge < -0.3 is 0 Å². The average Bonchev–Trinajstić information content (AvgIpc) is 2.39. The number of hydrogen-bond acceptors (Lipinski definition) is 2. The molecule has 0 bridgehead atoms. The molecule has 0 aliphatic rings. The van der Waals surface area contributed by atoms with E-state index in [1.165, 1.54) is 11.8 Å². The number of aliphatic imine (C=N–C) groups is 1. The van der Waals surface area contributed by atoms with Gasteiger partial charge in [0.05, 0.1) is 11.9 Å². The van der Waals surface area contributed by atoms with Crippen molar-refractivity contribution in [1.29, 1.82) is 0 Å². The van der Waals surface area contributed by atoms with Crippen molar-refractivity contribution in [2.45, 2.75) is 6.42 Å². The van der Waals surface area contributed by atoms with Gasteiger partial charge in [-0.3, -0.25) is 9.79 Å². The highest BCUT2D eigenvalue weighted by Crippen LogP contribution is 2.21. The molecule has 2 aromatic carbocycles. The summed E-state index contributed by atoms with van der Waals surface area (Å²) < 4.78 is 0. The van der Waals surface area contributed by atoms with Crippen molar-refractivity contribution in [3.8, 4) is 0 Å². The van der Waals surface area contributed by atoms with Crippen LogP contribution in [-0.2, 0) is 11.2 Å². The van der Waals surface area contributed by atoms with Gasteiger partial charge in [0.1, 0.15) is 0 Å². The largest absolute Gasteiger partial charge is 0.297 e. The van der Waals surface area contributed by atoms with Crippen LogP contribution in [0.3, 0.4) is 0 Å². The van der Waals surface area contributed by atoms with Gasteiger partial charge in [-0.2, -0.15) is 0 Å². The summed E-state index contributed by atoms with van der Waals surface area (Å²) in [5.41, 5.74) is 3.21. The molecule has 2 heteroatoms. The molecule has 0 N–H and O–H groups in total. The molecule has 0 radical (unpaired) electrons. The van der Waals surface area contributed by atoms with Crippen LogP contribution in [0.2, 0.25) is 0 Å². The number of aldehydes is 1. The van der Waals surface area contributed by atoms with Crippen LogP contribution in [0.5, 0.6) is 0 Å². The van der Waals surface area contributed by atoms with E-state index in [9.17, 15) is 4.79 Å². The molecule has 17 heavy (non-hydrogen) atoms. The third-order valence-corrected chi connectivity index (χ3v) is 2.50. The summed E-state index contributed by atoms with van der Waals surface area (Å²) in [6.07, 6.45) is 2.80. The van der Waals surface area contributed by atoms with E-state index >= 15 is 0 Å². The first-order chi connectivity index (χ1) is 8.40. The molecule has 0 atom stereocenters. The van der Waals surface area contributed by atoms with Crippen LogP contribution in [0, 0.1) is 0 Å². The summed E-state index contributed by atoms with van der Waals surface area (Å²) >= 11 is 0. The lowest BCUT2D eigenvalue weighted by Gasteiger charge is -2.05. The fourth-order valence-electron chi connectivity index (χ4n) is 1.71. The van der Waals surface area contributed by atoms with Gasteiger partial charge >= 0.3 is 0 Å². The van der Waals surface area contributed by atoms with Crippen molar-refractivity contribution >= 4 is 18.2 Å². The monoisotopic (exact) mass is 223 g/mol. The molecule has 0 saturated carbocycles. The Labute approximate surface area is 101 Å². The number of benzene rings is 2. The van der Waals surface area contributed by atoms with Crippen LogP contribution >= 0.6 is 0 Å². The van der Waals surface area contributed by atoms with E-state index in [-0.39, 0.29) is 0 Å². The molecule has 2 rings (SSSR count). The summed E-state index contributed by atoms with van der Waals surface area (Å²) in [6, 6.07) is 18.1. The van der Waals surface area contributed by atoms with E-state index in [0.29, 0.717) is 6.29 Å². The Morgan fingerprint density at radius 2 is 1.65 bits per heavy atom. The maximum Gasteiger partial charge on any atom is 0.161 e. The van der Waals surface area contributed by atoms with Crippen molar-refractivity contribution in [1.82, 2.24) is 0 Å². The minimum Gasteiger partial charge on any atom is -0.297 e. The Hall–Kier alpha value is -2.22. The van der Waals surface area contributed by atoms with Gasteiger partial charge in [0.15, 0.2) is 6.29 Å². The third-order valence-electron chi connectivity index (χ3n) is 2.50. The highest BCUT2D eigenvalue weighted by molar-refractivity contribution is 6.13. The molecule has 0 amide bonds. The topological polar surface area (TPSA) is 29.4 Å². The van der Waals surface area contributed by atoms with Gasteiger partial charge in [0.2, 0.25) is 0 Å². The standard InChI is InChI=1S/C15H13NO/c17-11-10-16-15-9-5-4-8-14(15)12-13-6-2-1-3-7-13/h1-11H,12H2. The molecular weight excluding hydrogens is 210 g/mol. The van der Waals surface area contributed by atoms with Crippen molar-refractivity contribution in [3.05, 3.63) is 65.7 Å². The fraction of sp³-hybridized carbons (Fsp3) is 0.0667. The fourth-order valence-corrected chi connectivity index (χ4v) is 1.71. The second-order valence-corrected chi connectivity index (χ2v) is 3.71. The van der Waals surface area contributed by atoms with Crippen LogP contribution < -0.4 is 0 Å². The van der Waals surface area contributed by atoms with E-state index in [4.69, 9.17) is 0 Å². The van der Waals surface area contributed by atoms with Gasteiger partial charge in [-0.05, 0) is 23.6 Å². The number of para-hydroxylation sites is 1.